The molecule has 0 spiro atoms. The van der Waals surface area contributed by atoms with Crippen LogP contribution in [0.3, 0.4) is 0 Å². The van der Waals surface area contributed by atoms with E-state index in [1.165, 1.54) is 11.3 Å². The number of halogens is 3. The highest BCUT2D eigenvalue weighted by molar-refractivity contribution is 7.13. The molecule has 7 heteroatoms. The van der Waals surface area contributed by atoms with Gasteiger partial charge in [-0.05, 0) is 19.2 Å². The fourth-order valence-electron chi connectivity index (χ4n) is 1.36. The van der Waals surface area contributed by atoms with Crippen molar-refractivity contribution in [2.45, 2.75) is 6.54 Å². The molecule has 96 valence electrons. The topological polar surface area (TPSA) is 37.0 Å². The second-order valence-corrected chi connectivity index (χ2v) is 5.63. The van der Waals surface area contributed by atoms with Crippen molar-refractivity contribution in [1.29, 1.82) is 0 Å². The van der Waals surface area contributed by atoms with Crippen molar-refractivity contribution >= 4 is 57.0 Å². The molecular formula is C11H10Cl3N3S. The molecule has 0 aliphatic carbocycles. The normalized spacial score (nSPS) is 10.7. The lowest BCUT2D eigenvalue weighted by atomic mass is 10.3. The summed E-state index contributed by atoms with van der Waals surface area (Å²) >= 11 is 19.4. The van der Waals surface area contributed by atoms with E-state index in [1.54, 1.807) is 12.1 Å². The summed E-state index contributed by atoms with van der Waals surface area (Å²) in [5.41, 5.74) is 1.66. The van der Waals surface area contributed by atoms with Gasteiger partial charge in [0.1, 0.15) is 0 Å². The zero-order chi connectivity index (χ0) is 13.1. The maximum Gasteiger partial charge on any atom is 0.187 e. The van der Waals surface area contributed by atoms with Crippen molar-refractivity contribution in [3.63, 3.8) is 0 Å². The summed E-state index contributed by atoms with van der Waals surface area (Å²) in [6.45, 7) is 0.729. The van der Waals surface area contributed by atoms with Crippen LogP contribution < -0.4 is 10.6 Å². The van der Waals surface area contributed by atoms with Gasteiger partial charge in [-0.1, -0.05) is 34.8 Å². The average molecular weight is 323 g/mol. The van der Waals surface area contributed by atoms with Gasteiger partial charge in [0.25, 0.3) is 0 Å². The van der Waals surface area contributed by atoms with Crippen LogP contribution in [-0.2, 0) is 6.54 Å². The molecule has 0 radical (unpaired) electrons. The number of hydrogen-bond acceptors (Lipinski definition) is 4. The Morgan fingerprint density at radius 1 is 1.17 bits per heavy atom. The second kappa shape index (κ2) is 6.08. The van der Waals surface area contributed by atoms with E-state index >= 15 is 0 Å². The van der Waals surface area contributed by atoms with Crippen LogP contribution in [0, 0.1) is 0 Å². The van der Waals surface area contributed by atoms with E-state index in [0.717, 1.165) is 17.4 Å². The van der Waals surface area contributed by atoms with E-state index in [2.05, 4.69) is 15.6 Å². The Kier molecular flexibility index (Phi) is 4.70. The number of aromatic nitrogens is 1. The van der Waals surface area contributed by atoms with E-state index in [4.69, 9.17) is 34.8 Å². The molecule has 0 aliphatic rings. The Morgan fingerprint density at radius 3 is 2.61 bits per heavy atom. The molecule has 1 heterocycles. The lowest BCUT2D eigenvalue weighted by Crippen LogP contribution is -2.05. The number of nitrogens with zero attached hydrogens (tertiary/aromatic N) is 1. The summed E-state index contributed by atoms with van der Waals surface area (Å²) in [6, 6.07) is 3.29. The molecule has 0 saturated heterocycles. The van der Waals surface area contributed by atoms with E-state index in [-0.39, 0.29) is 0 Å². The predicted molar refractivity (Wildman–Crippen MR) is 79.6 cm³/mol. The second-order valence-electron chi connectivity index (χ2n) is 3.55. The van der Waals surface area contributed by atoms with E-state index in [0.29, 0.717) is 20.8 Å². The molecule has 0 atom stereocenters. The van der Waals surface area contributed by atoms with Gasteiger partial charge in [0.15, 0.2) is 5.13 Å². The van der Waals surface area contributed by atoms with Crippen LogP contribution in [0.15, 0.2) is 17.5 Å². The Balaban J connectivity index is 2.20. The first-order chi connectivity index (χ1) is 8.60. The Labute approximate surface area is 124 Å². The minimum absolute atomic E-state index is 0.433. The van der Waals surface area contributed by atoms with Crippen molar-refractivity contribution in [2.75, 3.05) is 12.4 Å². The van der Waals surface area contributed by atoms with Crippen LogP contribution in [0.4, 0.5) is 10.8 Å². The third-order valence-electron chi connectivity index (χ3n) is 2.16. The number of rotatable bonds is 4. The summed E-state index contributed by atoms with van der Waals surface area (Å²) in [7, 11) is 1.88. The Morgan fingerprint density at radius 2 is 1.89 bits per heavy atom. The Hall–Kier alpha value is -0.520. The fourth-order valence-corrected chi connectivity index (χ4v) is 2.68. The zero-order valence-corrected chi connectivity index (χ0v) is 12.5. The van der Waals surface area contributed by atoms with Crippen LogP contribution in [0.5, 0.6) is 0 Å². The van der Waals surface area contributed by atoms with E-state index < -0.39 is 0 Å². The highest BCUT2D eigenvalue weighted by atomic mass is 35.5. The third-order valence-corrected chi connectivity index (χ3v) is 4.00. The van der Waals surface area contributed by atoms with Gasteiger partial charge < -0.3 is 10.6 Å². The molecule has 3 nitrogen and oxygen atoms in total. The van der Waals surface area contributed by atoms with E-state index in [9.17, 15) is 0 Å². The lowest BCUT2D eigenvalue weighted by molar-refractivity contribution is 0.798. The molecule has 0 aliphatic heterocycles. The van der Waals surface area contributed by atoms with Gasteiger partial charge in [-0.15, -0.1) is 11.3 Å². The molecule has 1 aromatic carbocycles. The third kappa shape index (κ3) is 3.28. The van der Waals surface area contributed by atoms with Gasteiger partial charge in [0.2, 0.25) is 0 Å². The molecule has 0 amide bonds. The van der Waals surface area contributed by atoms with Gasteiger partial charge in [0, 0.05) is 11.9 Å². The monoisotopic (exact) mass is 321 g/mol. The number of anilines is 2. The number of thiazole rings is 1. The quantitative estimate of drug-likeness (QED) is 0.810. The van der Waals surface area contributed by atoms with Crippen molar-refractivity contribution in [3.8, 4) is 0 Å². The van der Waals surface area contributed by atoms with Gasteiger partial charge in [-0.3, -0.25) is 0 Å². The molecule has 18 heavy (non-hydrogen) atoms. The molecule has 0 bridgehead atoms. The van der Waals surface area contributed by atoms with Crippen LogP contribution >= 0.6 is 46.1 Å². The average Bonchev–Trinajstić information content (AvgIpc) is 2.74. The van der Waals surface area contributed by atoms with Crippen molar-refractivity contribution < 1.29 is 0 Å². The molecule has 0 saturated carbocycles. The largest absolute Gasteiger partial charge is 0.330 e. The maximum absolute atomic E-state index is 6.08. The minimum Gasteiger partial charge on any atom is -0.330 e. The van der Waals surface area contributed by atoms with Crippen molar-refractivity contribution in [3.05, 3.63) is 38.3 Å². The van der Waals surface area contributed by atoms with Gasteiger partial charge in [0.05, 0.1) is 26.4 Å². The SMILES string of the molecule is CNCc1csc(Nc2cc(Cl)c(Cl)cc2Cl)n1. The smallest absolute Gasteiger partial charge is 0.187 e. The van der Waals surface area contributed by atoms with Gasteiger partial charge in [-0.2, -0.15) is 0 Å². The highest BCUT2D eigenvalue weighted by Gasteiger charge is 2.08. The summed E-state index contributed by atoms with van der Waals surface area (Å²) < 4.78 is 0. The van der Waals surface area contributed by atoms with Crippen LogP contribution in [0.1, 0.15) is 5.69 Å². The predicted octanol–water partition coefficient (Wildman–Crippen LogP) is 4.57. The molecule has 0 fully saturated rings. The van der Waals surface area contributed by atoms with E-state index in [1.807, 2.05) is 12.4 Å². The summed E-state index contributed by atoms with van der Waals surface area (Å²) in [5, 5.41) is 10.3. The van der Waals surface area contributed by atoms with Gasteiger partial charge >= 0.3 is 0 Å². The first-order valence-corrected chi connectivity index (χ1v) is 7.12. The van der Waals surface area contributed by atoms with Crippen molar-refractivity contribution in [1.82, 2.24) is 10.3 Å². The standard InChI is InChI=1S/C11H10Cl3N3S/c1-15-4-6-5-18-11(16-6)17-10-3-8(13)7(12)2-9(10)14/h2-3,5,15H,4H2,1H3,(H,16,17). The Bertz CT molecular complexity index is 556. The number of hydrogen-bond donors (Lipinski definition) is 2. The van der Waals surface area contributed by atoms with Crippen LogP contribution in [-0.4, -0.2) is 12.0 Å². The summed E-state index contributed by atoms with van der Waals surface area (Å²) in [5.74, 6) is 0. The zero-order valence-electron chi connectivity index (χ0n) is 9.43. The molecule has 0 unspecified atom stereocenters. The lowest BCUT2D eigenvalue weighted by Gasteiger charge is -2.06. The molecular weight excluding hydrogens is 313 g/mol. The molecule has 2 aromatic rings. The maximum atomic E-state index is 6.08. The first kappa shape index (κ1) is 13.9. The first-order valence-electron chi connectivity index (χ1n) is 5.10. The van der Waals surface area contributed by atoms with Gasteiger partial charge in [-0.25, -0.2) is 4.98 Å². The minimum atomic E-state index is 0.433. The van der Waals surface area contributed by atoms with Crippen molar-refractivity contribution in [2.24, 2.45) is 0 Å². The highest BCUT2D eigenvalue weighted by Crippen LogP contribution is 2.34. The summed E-state index contributed by atoms with van der Waals surface area (Å²) in [4.78, 5) is 4.40. The molecule has 2 rings (SSSR count). The number of nitrogens with one attached hydrogen (secondary N) is 2. The molecule has 2 N–H and O–H groups in total. The summed E-state index contributed by atoms with van der Waals surface area (Å²) in [6.07, 6.45) is 0. The fraction of sp³-hybridized carbons (Fsp3) is 0.182. The van der Waals surface area contributed by atoms with Crippen LogP contribution in [0.2, 0.25) is 15.1 Å². The molecule has 1 aromatic heterocycles. The number of benzene rings is 1. The van der Waals surface area contributed by atoms with Crippen LogP contribution in [0.25, 0.3) is 0 Å².